The molecule has 0 spiro atoms. The first-order valence-electron chi connectivity index (χ1n) is 7.18. The second-order valence-electron chi connectivity index (χ2n) is 4.91. The van der Waals surface area contributed by atoms with Crippen molar-refractivity contribution in [2.75, 3.05) is 32.2 Å². The van der Waals surface area contributed by atoms with Gasteiger partial charge in [0.15, 0.2) is 0 Å². The van der Waals surface area contributed by atoms with Gasteiger partial charge in [0.2, 0.25) is 0 Å². The number of rotatable bonds is 6. The van der Waals surface area contributed by atoms with Gasteiger partial charge in [-0.3, -0.25) is 14.6 Å². The molecule has 0 atom stereocenters. The lowest BCUT2D eigenvalue weighted by Crippen LogP contribution is -2.29. The van der Waals surface area contributed by atoms with Crippen molar-refractivity contribution in [2.24, 2.45) is 0 Å². The highest BCUT2D eigenvalue weighted by atomic mass is 16.5. The Hall–Kier alpha value is -2.73. The zero-order valence-corrected chi connectivity index (χ0v) is 13.2. The molecule has 0 fully saturated rings. The lowest BCUT2D eigenvalue weighted by Gasteiger charge is -2.17. The summed E-state index contributed by atoms with van der Waals surface area (Å²) >= 11 is 0. The number of nitrogens with one attached hydrogen (secondary N) is 1. The highest BCUT2D eigenvalue weighted by Gasteiger charge is 2.15. The van der Waals surface area contributed by atoms with E-state index in [-0.39, 0.29) is 11.8 Å². The molecule has 0 aliphatic carbocycles. The molecule has 2 rings (SSSR count). The highest BCUT2D eigenvalue weighted by molar-refractivity contribution is 6.07. The summed E-state index contributed by atoms with van der Waals surface area (Å²) in [7, 11) is 3.25. The summed E-state index contributed by atoms with van der Waals surface area (Å²) in [5.74, 6) is -0.512. The van der Waals surface area contributed by atoms with Gasteiger partial charge < -0.3 is 15.0 Å². The highest BCUT2D eigenvalue weighted by Crippen LogP contribution is 2.15. The van der Waals surface area contributed by atoms with Gasteiger partial charge in [-0.1, -0.05) is 18.2 Å². The van der Waals surface area contributed by atoms with E-state index in [9.17, 15) is 9.59 Å². The summed E-state index contributed by atoms with van der Waals surface area (Å²) < 4.78 is 4.88. The van der Waals surface area contributed by atoms with Crippen molar-refractivity contribution < 1.29 is 14.3 Å². The fourth-order valence-electron chi connectivity index (χ4n) is 2.01. The minimum absolute atomic E-state index is 0.227. The Morgan fingerprint density at radius 3 is 2.57 bits per heavy atom. The minimum Gasteiger partial charge on any atom is -0.383 e. The zero-order valence-electron chi connectivity index (χ0n) is 13.2. The summed E-state index contributed by atoms with van der Waals surface area (Å²) in [5, 5.41) is 2.70. The van der Waals surface area contributed by atoms with Gasteiger partial charge in [-0.05, 0) is 18.2 Å². The van der Waals surface area contributed by atoms with Gasteiger partial charge in [-0.25, -0.2) is 0 Å². The van der Waals surface area contributed by atoms with Crippen LogP contribution in [0.25, 0.3) is 0 Å². The molecule has 120 valence electrons. The first-order valence-corrected chi connectivity index (χ1v) is 7.18. The van der Waals surface area contributed by atoms with Crippen molar-refractivity contribution in [3.8, 4) is 0 Å². The van der Waals surface area contributed by atoms with Crippen LogP contribution in [-0.2, 0) is 4.74 Å². The molecule has 23 heavy (non-hydrogen) atoms. The fourth-order valence-corrected chi connectivity index (χ4v) is 2.01. The van der Waals surface area contributed by atoms with E-state index in [1.807, 2.05) is 30.3 Å². The summed E-state index contributed by atoms with van der Waals surface area (Å²) in [6, 6.07) is 10.8. The number of hydrogen-bond donors (Lipinski definition) is 1. The van der Waals surface area contributed by atoms with Gasteiger partial charge in [0, 0.05) is 38.8 Å². The number of methoxy groups -OCH3 is 1. The van der Waals surface area contributed by atoms with E-state index >= 15 is 0 Å². The number of carbonyl (C=O) groups is 2. The molecule has 0 unspecified atom stereocenters. The van der Waals surface area contributed by atoms with Gasteiger partial charge in [-0.15, -0.1) is 0 Å². The van der Waals surface area contributed by atoms with Gasteiger partial charge >= 0.3 is 0 Å². The molecule has 0 saturated carbocycles. The standard InChI is InChI=1S/C17H19N3O3/c1-20(15-6-4-3-5-7-15)17(22)14-10-13(11-18-12-14)16(21)19-8-9-23-2/h3-7,10-12H,8-9H2,1-2H3,(H,19,21). The van der Waals surface area contributed by atoms with Crippen LogP contribution < -0.4 is 10.2 Å². The number of benzene rings is 1. The third-order valence-electron chi connectivity index (χ3n) is 3.29. The maximum Gasteiger partial charge on any atom is 0.259 e. The lowest BCUT2D eigenvalue weighted by atomic mass is 10.1. The molecule has 0 saturated heterocycles. The summed E-state index contributed by atoms with van der Waals surface area (Å²) in [4.78, 5) is 30.0. The topological polar surface area (TPSA) is 71.5 Å². The van der Waals surface area contributed by atoms with Crippen molar-refractivity contribution >= 4 is 17.5 Å². The van der Waals surface area contributed by atoms with Crippen LogP contribution in [0.15, 0.2) is 48.8 Å². The number of aromatic nitrogens is 1. The molecule has 2 aromatic rings. The summed E-state index contributed by atoms with van der Waals surface area (Å²) in [6.45, 7) is 0.825. The first kappa shape index (κ1) is 16.6. The van der Waals surface area contributed by atoms with Crippen LogP contribution in [0.5, 0.6) is 0 Å². The third kappa shape index (κ3) is 4.37. The van der Waals surface area contributed by atoms with Gasteiger partial charge in [-0.2, -0.15) is 0 Å². The van der Waals surface area contributed by atoms with Crippen molar-refractivity contribution in [1.82, 2.24) is 10.3 Å². The predicted molar refractivity (Wildman–Crippen MR) is 87.6 cm³/mol. The van der Waals surface area contributed by atoms with E-state index in [0.29, 0.717) is 24.3 Å². The van der Waals surface area contributed by atoms with Crippen LogP contribution in [-0.4, -0.2) is 44.1 Å². The summed E-state index contributed by atoms with van der Waals surface area (Å²) in [6.07, 6.45) is 2.88. The molecule has 1 aromatic heterocycles. The van der Waals surface area contributed by atoms with E-state index in [4.69, 9.17) is 4.74 Å². The van der Waals surface area contributed by atoms with Crippen molar-refractivity contribution in [1.29, 1.82) is 0 Å². The monoisotopic (exact) mass is 313 g/mol. The SMILES string of the molecule is COCCNC(=O)c1cncc(C(=O)N(C)c2ccccc2)c1. The molecule has 0 bridgehead atoms. The largest absolute Gasteiger partial charge is 0.383 e. The minimum atomic E-state index is -0.286. The smallest absolute Gasteiger partial charge is 0.259 e. The number of nitrogens with zero attached hydrogens (tertiary/aromatic N) is 2. The number of hydrogen-bond acceptors (Lipinski definition) is 4. The van der Waals surface area contributed by atoms with Gasteiger partial charge in [0.1, 0.15) is 0 Å². The molecule has 2 amide bonds. The first-order chi connectivity index (χ1) is 11.1. The van der Waals surface area contributed by atoms with Crippen LogP contribution >= 0.6 is 0 Å². The number of anilines is 1. The Morgan fingerprint density at radius 1 is 1.17 bits per heavy atom. The van der Waals surface area contributed by atoms with E-state index < -0.39 is 0 Å². The zero-order chi connectivity index (χ0) is 16.7. The maximum atomic E-state index is 12.5. The van der Waals surface area contributed by atoms with Crippen LogP contribution in [0.3, 0.4) is 0 Å². The van der Waals surface area contributed by atoms with Crippen molar-refractivity contribution in [3.05, 3.63) is 59.9 Å². The van der Waals surface area contributed by atoms with Crippen molar-refractivity contribution in [2.45, 2.75) is 0 Å². The number of pyridine rings is 1. The Balaban J connectivity index is 2.12. The molecule has 1 N–H and O–H groups in total. The van der Waals surface area contributed by atoms with E-state index in [0.717, 1.165) is 5.69 Å². The molecule has 1 heterocycles. The number of ether oxygens (including phenoxy) is 1. The molecule has 0 aliphatic heterocycles. The molecule has 6 nitrogen and oxygen atoms in total. The second-order valence-corrected chi connectivity index (χ2v) is 4.91. The van der Waals surface area contributed by atoms with Gasteiger partial charge in [0.25, 0.3) is 11.8 Å². The maximum absolute atomic E-state index is 12.5. The van der Waals surface area contributed by atoms with E-state index in [2.05, 4.69) is 10.3 Å². The summed E-state index contributed by atoms with van der Waals surface area (Å²) in [5.41, 5.74) is 1.47. The number of carbonyl (C=O) groups excluding carboxylic acids is 2. The van der Waals surface area contributed by atoms with Crippen LogP contribution in [0.2, 0.25) is 0 Å². The van der Waals surface area contributed by atoms with E-state index in [1.54, 1.807) is 14.2 Å². The molecule has 1 aromatic carbocycles. The van der Waals surface area contributed by atoms with E-state index in [1.165, 1.54) is 23.4 Å². The van der Waals surface area contributed by atoms with Crippen LogP contribution in [0.1, 0.15) is 20.7 Å². The number of amides is 2. The quantitative estimate of drug-likeness (QED) is 0.825. The Bertz CT molecular complexity index is 674. The Morgan fingerprint density at radius 2 is 1.87 bits per heavy atom. The van der Waals surface area contributed by atoms with Crippen molar-refractivity contribution in [3.63, 3.8) is 0 Å². The van der Waals surface area contributed by atoms with Gasteiger partial charge in [0.05, 0.1) is 17.7 Å². The Labute approximate surface area is 135 Å². The van der Waals surface area contributed by atoms with Crippen LogP contribution in [0, 0.1) is 0 Å². The molecule has 6 heteroatoms. The molecular formula is C17H19N3O3. The molecular weight excluding hydrogens is 294 g/mol. The number of para-hydroxylation sites is 1. The third-order valence-corrected chi connectivity index (χ3v) is 3.29. The molecule has 0 aliphatic rings. The molecule has 0 radical (unpaired) electrons. The average Bonchev–Trinajstić information content (AvgIpc) is 2.61. The Kier molecular flexibility index (Phi) is 5.82. The second kappa shape index (κ2) is 8.05. The predicted octanol–water partition coefficient (Wildman–Crippen LogP) is 1.73. The normalized spacial score (nSPS) is 10.2. The fraction of sp³-hybridized carbons (Fsp3) is 0.235. The average molecular weight is 313 g/mol. The van der Waals surface area contributed by atoms with Crippen LogP contribution in [0.4, 0.5) is 5.69 Å². The lowest BCUT2D eigenvalue weighted by molar-refractivity contribution is 0.0936.